The van der Waals surface area contributed by atoms with Gasteiger partial charge in [-0.05, 0) is 40.1 Å². The van der Waals surface area contributed by atoms with E-state index in [1.807, 2.05) is 11.3 Å². The fourth-order valence-corrected chi connectivity index (χ4v) is 10.1. The van der Waals surface area contributed by atoms with Gasteiger partial charge in [-0.3, -0.25) is 4.57 Å². The maximum Gasteiger partial charge on any atom is 0.235 e. The third-order valence-corrected chi connectivity index (χ3v) is 12.2. The summed E-state index contributed by atoms with van der Waals surface area (Å²) in [5, 5.41) is 8.74. The van der Waals surface area contributed by atoms with Crippen LogP contribution >= 0.6 is 22.7 Å². The molecule has 4 aromatic heterocycles. The molecule has 0 atom stereocenters. The minimum atomic E-state index is 0.693. The first-order valence-electron chi connectivity index (χ1n) is 16.4. The molecule has 0 saturated heterocycles. The van der Waals surface area contributed by atoms with Crippen LogP contribution in [0.4, 0.5) is 0 Å². The largest absolute Gasteiger partial charge is 0.276 e. The first kappa shape index (κ1) is 27.1. The minimum Gasteiger partial charge on any atom is -0.276 e. The molecule has 3 nitrogen and oxygen atoms in total. The lowest BCUT2D eigenvalue weighted by atomic mass is 9.99. The Morgan fingerprint density at radius 1 is 0.408 bits per heavy atom. The first-order valence-corrected chi connectivity index (χ1v) is 18.1. The molecule has 0 spiro atoms. The van der Waals surface area contributed by atoms with Gasteiger partial charge in [0.05, 0.1) is 31.6 Å². The smallest absolute Gasteiger partial charge is 0.235 e. The second kappa shape index (κ2) is 10.3. The van der Waals surface area contributed by atoms with Crippen LogP contribution in [0.2, 0.25) is 0 Å². The molecule has 228 valence electrons. The molecule has 0 saturated carbocycles. The van der Waals surface area contributed by atoms with E-state index in [1.54, 1.807) is 11.3 Å². The Balaban J connectivity index is 1.29. The molecule has 5 heteroatoms. The molecule has 0 amide bonds. The molecule has 0 aliphatic rings. The normalized spacial score (nSPS) is 12.1. The lowest BCUT2D eigenvalue weighted by molar-refractivity contribution is 1.02. The molecule has 0 N–H and O–H groups in total. The number of nitrogens with zero attached hydrogens (tertiary/aromatic N) is 3. The van der Waals surface area contributed by atoms with Gasteiger partial charge in [0, 0.05) is 41.9 Å². The van der Waals surface area contributed by atoms with Crippen LogP contribution in [0.3, 0.4) is 0 Å². The Hall–Kier alpha value is -5.88. The summed E-state index contributed by atoms with van der Waals surface area (Å²) in [6.07, 6.45) is 0. The minimum absolute atomic E-state index is 0.693. The predicted octanol–water partition coefficient (Wildman–Crippen LogP) is 12.8. The second-order valence-corrected chi connectivity index (χ2v) is 14.6. The third kappa shape index (κ3) is 3.88. The molecule has 0 aliphatic heterocycles. The molecule has 0 fully saturated rings. The van der Waals surface area contributed by atoms with E-state index in [4.69, 9.17) is 9.97 Å². The highest BCUT2D eigenvalue weighted by Crippen LogP contribution is 2.48. The quantitative estimate of drug-likeness (QED) is 0.189. The zero-order valence-electron chi connectivity index (χ0n) is 26.1. The van der Waals surface area contributed by atoms with E-state index in [0.717, 1.165) is 32.4 Å². The van der Waals surface area contributed by atoms with Gasteiger partial charge in [-0.2, -0.15) is 0 Å². The first-order chi connectivity index (χ1) is 24.3. The number of aromatic nitrogens is 3. The summed E-state index contributed by atoms with van der Waals surface area (Å²) >= 11 is 3.64. The van der Waals surface area contributed by atoms with Gasteiger partial charge in [0.25, 0.3) is 0 Å². The molecule has 11 aromatic rings. The van der Waals surface area contributed by atoms with Crippen LogP contribution in [0.15, 0.2) is 152 Å². The number of hydrogen-bond donors (Lipinski definition) is 0. The monoisotopic (exact) mass is 659 g/mol. The highest BCUT2D eigenvalue weighted by molar-refractivity contribution is 7.27. The van der Waals surface area contributed by atoms with Crippen LogP contribution in [0, 0.1) is 0 Å². The van der Waals surface area contributed by atoms with E-state index in [1.165, 1.54) is 63.1 Å². The van der Waals surface area contributed by atoms with Crippen molar-refractivity contribution in [2.45, 2.75) is 0 Å². The van der Waals surface area contributed by atoms with Gasteiger partial charge in [-0.1, -0.05) is 133 Å². The Labute approximate surface area is 289 Å². The molecule has 4 heterocycles. The Morgan fingerprint density at radius 3 is 1.73 bits per heavy atom. The van der Waals surface area contributed by atoms with Gasteiger partial charge in [-0.15, -0.1) is 22.7 Å². The Bertz CT molecular complexity index is 3090. The highest BCUT2D eigenvalue weighted by atomic mass is 32.1. The summed E-state index contributed by atoms with van der Waals surface area (Å²) in [5.41, 5.74) is 7.70. The van der Waals surface area contributed by atoms with Crippen molar-refractivity contribution in [3.8, 4) is 28.3 Å². The van der Waals surface area contributed by atoms with E-state index >= 15 is 0 Å². The van der Waals surface area contributed by atoms with Crippen LogP contribution in [0.1, 0.15) is 0 Å². The second-order valence-electron chi connectivity index (χ2n) is 12.5. The molecule has 7 aromatic carbocycles. The number of hydrogen-bond acceptors (Lipinski definition) is 4. The van der Waals surface area contributed by atoms with Crippen molar-refractivity contribution in [2.24, 2.45) is 0 Å². The van der Waals surface area contributed by atoms with Gasteiger partial charge < -0.3 is 0 Å². The molecule has 0 unspecified atom stereocenters. The lowest BCUT2D eigenvalue weighted by Gasteiger charge is -2.12. The lowest BCUT2D eigenvalue weighted by Crippen LogP contribution is -2.03. The Morgan fingerprint density at radius 2 is 0.959 bits per heavy atom. The average Bonchev–Trinajstić information content (AvgIpc) is 3.85. The fourth-order valence-electron chi connectivity index (χ4n) is 7.66. The summed E-state index contributed by atoms with van der Waals surface area (Å²) in [6, 6.07) is 54.4. The van der Waals surface area contributed by atoms with Crippen molar-refractivity contribution in [3.63, 3.8) is 0 Å². The summed E-state index contributed by atoms with van der Waals surface area (Å²) < 4.78 is 7.20. The zero-order chi connectivity index (χ0) is 32.1. The van der Waals surface area contributed by atoms with E-state index in [9.17, 15) is 0 Å². The van der Waals surface area contributed by atoms with Crippen molar-refractivity contribution >= 4 is 95.7 Å². The van der Waals surface area contributed by atoms with Gasteiger partial charge in [0.2, 0.25) is 5.95 Å². The van der Waals surface area contributed by atoms with E-state index in [-0.39, 0.29) is 0 Å². The fraction of sp³-hybridized carbons (Fsp3) is 0. The van der Waals surface area contributed by atoms with Crippen molar-refractivity contribution in [1.29, 1.82) is 0 Å². The Kier molecular flexibility index (Phi) is 5.70. The van der Waals surface area contributed by atoms with E-state index in [2.05, 4.69) is 156 Å². The van der Waals surface area contributed by atoms with Crippen LogP contribution in [0.5, 0.6) is 0 Å². The molecule has 49 heavy (non-hydrogen) atoms. The maximum absolute atomic E-state index is 5.52. The standard InChI is InChI=1S/C44H25N3S2/c1-2-12-26(13-3-1)27-22-24-28(25-23-27)39-43-40(33-18-8-11-21-36(33)49-43)46-44(45-39)47-34-19-9-6-16-31(34)37-29-14-4-5-15-30(29)38-32-17-7-10-20-35(32)48-42(38)41(37)47/h1-25H. The van der Waals surface area contributed by atoms with Crippen LogP contribution in [0.25, 0.3) is 101 Å². The summed E-state index contributed by atoms with van der Waals surface area (Å²) in [4.78, 5) is 11.0. The zero-order valence-corrected chi connectivity index (χ0v) is 27.7. The molecular formula is C44H25N3S2. The van der Waals surface area contributed by atoms with Crippen LogP contribution in [-0.4, -0.2) is 14.5 Å². The number of para-hydroxylation sites is 1. The summed E-state index contributed by atoms with van der Waals surface area (Å²) in [6.45, 7) is 0. The van der Waals surface area contributed by atoms with Gasteiger partial charge in [-0.25, -0.2) is 9.97 Å². The maximum atomic E-state index is 5.52. The highest BCUT2D eigenvalue weighted by Gasteiger charge is 2.24. The number of thiophene rings is 2. The molecular weight excluding hydrogens is 635 g/mol. The predicted molar refractivity (Wildman–Crippen MR) is 211 cm³/mol. The molecule has 11 rings (SSSR count). The summed E-state index contributed by atoms with van der Waals surface area (Å²) in [5.74, 6) is 0.693. The number of fused-ring (bicyclic) bond motifs is 13. The van der Waals surface area contributed by atoms with Crippen molar-refractivity contribution in [3.05, 3.63) is 152 Å². The topological polar surface area (TPSA) is 30.7 Å². The van der Waals surface area contributed by atoms with Crippen molar-refractivity contribution < 1.29 is 0 Å². The third-order valence-electron chi connectivity index (χ3n) is 9.82. The molecule has 0 radical (unpaired) electrons. The van der Waals surface area contributed by atoms with Crippen LogP contribution in [-0.2, 0) is 0 Å². The van der Waals surface area contributed by atoms with Gasteiger partial charge in [0.15, 0.2) is 0 Å². The van der Waals surface area contributed by atoms with E-state index in [0.29, 0.717) is 5.95 Å². The van der Waals surface area contributed by atoms with Crippen molar-refractivity contribution in [2.75, 3.05) is 0 Å². The van der Waals surface area contributed by atoms with Crippen molar-refractivity contribution in [1.82, 2.24) is 14.5 Å². The molecule has 0 bridgehead atoms. The van der Waals surface area contributed by atoms with Crippen LogP contribution < -0.4 is 0 Å². The molecule has 0 aliphatic carbocycles. The number of rotatable bonds is 3. The van der Waals surface area contributed by atoms with Gasteiger partial charge in [0.1, 0.15) is 0 Å². The van der Waals surface area contributed by atoms with Gasteiger partial charge >= 0.3 is 0 Å². The average molecular weight is 660 g/mol. The van der Waals surface area contributed by atoms with E-state index < -0.39 is 0 Å². The SMILES string of the molecule is c1ccc(-c2ccc(-c3nc(-n4c5ccccc5c5c6ccccc6c6c7ccccc7sc6c54)nc4c3sc3ccccc34)cc2)cc1. The summed E-state index contributed by atoms with van der Waals surface area (Å²) in [7, 11) is 0. The number of benzene rings is 7.